The highest BCUT2D eigenvalue weighted by Crippen LogP contribution is 2.34. The second-order valence-electron chi connectivity index (χ2n) is 8.47. The number of carbonyl (C=O) groups is 3. The fraction of sp³-hybridized carbons (Fsp3) is 0.375. The molecule has 0 aromatic heterocycles. The number of hydrogen-bond donors (Lipinski definition) is 2. The van der Waals surface area contributed by atoms with Crippen LogP contribution in [-0.2, 0) is 22.4 Å². The first-order valence-electron chi connectivity index (χ1n) is 10.6. The number of hydrogen-bond acceptors (Lipinski definition) is 3. The highest BCUT2D eigenvalue weighted by atomic mass is 19.1. The van der Waals surface area contributed by atoms with Crippen molar-refractivity contribution in [1.82, 2.24) is 15.5 Å². The highest BCUT2D eigenvalue weighted by Gasteiger charge is 2.52. The molecule has 2 aromatic carbocycles. The largest absolute Gasteiger partial charge is 0.342 e. The van der Waals surface area contributed by atoms with Crippen molar-refractivity contribution in [1.29, 1.82) is 0 Å². The molecule has 2 aliphatic heterocycles. The van der Waals surface area contributed by atoms with E-state index in [0.29, 0.717) is 37.9 Å². The van der Waals surface area contributed by atoms with Crippen molar-refractivity contribution < 1.29 is 18.8 Å². The SMILES string of the molecule is Cc1cccc(CC(=O)N2CCC([C@@]3(Cc4ccccc4F)NC(=O)NC3=O)CC2)c1. The van der Waals surface area contributed by atoms with Gasteiger partial charge in [0.15, 0.2) is 0 Å². The molecule has 4 rings (SSSR count). The molecule has 0 bridgehead atoms. The third-order valence-corrected chi connectivity index (χ3v) is 6.38. The molecule has 0 radical (unpaired) electrons. The molecular weight excluding hydrogens is 397 g/mol. The van der Waals surface area contributed by atoms with Gasteiger partial charge in [-0.15, -0.1) is 0 Å². The number of imide groups is 1. The first-order chi connectivity index (χ1) is 14.9. The molecule has 0 spiro atoms. The van der Waals surface area contributed by atoms with E-state index in [1.807, 2.05) is 36.1 Å². The minimum atomic E-state index is -1.20. The summed E-state index contributed by atoms with van der Waals surface area (Å²) in [7, 11) is 0. The lowest BCUT2D eigenvalue weighted by molar-refractivity contribution is -0.133. The predicted octanol–water partition coefficient (Wildman–Crippen LogP) is 2.74. The number of piperidine rings is 1. The van der Waals surface area contributed by atoms with Gasteiger partial charge in [-0.05, 0) is 42.9 Å². The van der Waals surface area contributed by atoms with Gasteiger partial charge in [0.25, 0.3) is 5.91 Å². The second kappa shape index (κ2) is 8.49. The van der Waals surface area contributed by atoms with Crippen LogP contribution in [0.15, 0.2) is 48.5 Å². The van der Waals surface area contributed by atoms with Gasteiger partial charge >= 0.3 is 6.03 Å². The van der Waals surface area contributed by atoms with E-state index in [2.05, 4.69) is 10.6 Å². The number of carbonyl (C=O) groups excluding carboxylic acids is 3. The van der Waals surface area contributed by atoms with Crippen LogP contribution in [-0.4, -0.2) is 41.4 Å². The van der Waals surface area contributed by atoms with E-state index in [1.54, 1.807) is 18.2 Å². The van der Waals surface area contributed by atoms with Gasteiger partial charge in [0.05, 0.1) is 6.42 Å². The Kier molecular flexibility index (Phi) is 5.76. The Bertz CT molecular complexity index is 1020. The average Bonchev–Trinajstić information content (AvgIpc) is 3.03. The highest BCUT2D eigenvalue weighted by molar-refractivity contribution is 6.07. The van der Waals surface area contributed by atoms with E-state index in [4.69, 9.17) is 0 Å². The van der Waals surface area contributed by atoms with Crippen LogP contribution in [0.1, 0.15) is 29.5 Å². The third kappa shape index (κ3) is 4.31. The number of nitrogens with zero attached hydrogens (tertiary/aromatic N) is 1. The van der Waals surface area contributed by atoms with Crippen molar-refractivity contribution in [3.05, 3.63) is 71.0 Å². The van der Waals surface area contributed by atoms with Gasteiger partial charge in [-0.3, -0.25) is 14.9 Å². The molecule has 2 fully saturated rings. The molecule has 2 heterocycles. The molecule has 0 aliphatic carbocycles. The maximum absolute atomic E-state index is 14.3. The lowest BCUT2D eigenvalue weighted by atomic mass is 9.74. The quantitative estimate of drug-likeness (QED) is 0.726. The Hall–Kier alpha value is -3.22. The van der Waals surface area contributed by atoms with Crippen molar-refractivity contribution in [2.24, 2.45) is 5.92 Å². The fourth-order valence-electron chi connectivity index (χ4n) is 4.73. The predicted molar refractivity (Wildman–Crippen MR) is 114 cm³/mol. The topological polar surface area (TPSA) is 78.5 Å². The van der Waals surface area contributed by atoms with Gasteiger partial charge in [-0.25, -0.2) is 9.18 Å². The van der Waals surface area contributed by atoms with Crippen molar-refractivity contribution >= 4 is 17.8 Å². The molecule has 31 heavy (non-hydrogen) atoms. The van der Waals surface area contributed by atoms with Crippen LogP contribution in [0, 0.1) is 18.7 Å². The first kappa shape index (κ1) is 21.0. The average molecular weight is 423 g/mol. The molecule has 1 atom stereocenters. The number of aryl methyl sites for hydroxylation is 1. The van der Waals surface area contributed by atoms with Crippen molar-refractivity contribution in [2.45, 2.75) is 38.1 Å². The molecule has 2 aromatic rings. The number of nitrogens with one attached hydrogen (secondary N) is 2. The number of halogens is 1. The zero-order chi connectivity index (χ0) is 22.0. The molecule has 162 valence electrons. The first-order valence-corrected chi connectivity index (χ1v) is 10.6. The maximum atomic E-state index is 14.3. The fourth-order valence-corrected chi connectivity index (χ4v) is 4.73. The summed E-state index contributed by atoms with van der Waals surface area (Å²) in [6.07, 6.45) is 1.53. The minimum Gasteiger partial charge on any atom is -0.342 e. The Labute approximate surface area is 180 Å². The summed E-state index contributed by atoms with van der Waals surface area (Å²) in [5.74, 6) is -0.972. The summed E-state index contributed by atoms with van der Waals surface area (Å²) in [5, 5.41) is 5.11. The molecule has 0 unspecified atom stereocenters. The summed E-state index contributed by atoms with van der Waals surface area (Å²) in [6, 6.07) is 13.6. The van der Waals surface area contributed by atoms with Gasteiger partial charge in [0.1, 0.15) is 11.4 Å². The number of amides is 4. The number of rotatable bonds is 5. The van der Waals surface area contributed by atoms with Crippen LogP contribution in [0.25, 0.3) is 0 Å². The molecule has 6 nitrogen and oxygen atoms in total. The Morgan fingerprint density at radius 2 is 1.87 bits per heavy atom. The summed E-state index contributed by atoms with van der Waals surface area (Å²) >= 11 is 0. The molecule has 7 heteroatoms. The zero-order valence-electron chi connectivity index (χ0n) is 17.5. The molecular formula is C24H26FN3O3. The number of likely N-dealkylation sites (tertiary alicyclic amines) is 1. The van der Waals surface area contributed by atoms with Crippen LogP contribution >= 0.6 is 0 Å². The summed E-state index contributed by atoms with van der Waals surface area (Å²) < 4.78 is 14.3. The van der Waals surface area contributed by atoms with Crippen molar-refractivity contribution in [3.63, 3.8) is 0 Å². The van der Waals surface area contributed by atoms with Gasteiger partial charge in [-0.2, -0.15) is 0 Å². The zero-order valence-corrected chi connectivity index (χ0v) is 17.5. The molecule has 2 N–H and O–H groups in total. The lowest BCUT2D eigenvalue weighted by Gasteiger charge is -2.40. The normalized spacial score (nSPS) is 21.7. The Balaban J connectivity index is 1.47. The van der Waals surface area contributed by atoms with E-state index in [0.717, 1.165) is 11.1 Å². The second-order valence-corrected chi connectivity index (χ2v) is 8.47. The number of urea groups is 1. The van der Waals surface area contributed by atoms with Crippen LogP contribution in [0.4, 0.5) is 9.18 Å². The van der Waals surface area contributed by atoms with E-state index >= 15 is 0 Å². The summed E-state index contributed by atoms with van der Waals surface area (Å²) in [5.41, 5.74) is 1.27. The molecule has 4 amide bonds. The molecule has 0 saturated carbocycles. The smallest absolute Gasteiger partial charge is 0.322 e. The van der Waals surface area contributed by atoms with Crippen LogP contribution in [0.2, 0.25) is 0 Å². The summed E-state index contributed by atoms with van der Waals surface area (Å²) in [6.45, 7) is 2.99. The van der Waals surface area contributed by atoms with Gasteiger partial charge < -0.3 is 10.2 Å². The van der Waals surface area contributed by atoms with Crippen molar-refractivity contribution in [3.8, 4) is 0 Å². The van der Waals surface area contributed by atoms with Crippen molar-refractivity contribution in [2.75, 3.05) is 13.1 Å². The lowest BCUT2D eigenvalue weighted by Crippen LogP contribution is -2.58. The minimum absolute atomic E-state index is 0.0483. The Morgan fingerprint density at radius 3 is 2.52 bits per heavy atom. The van der Waals surface area contributed by atoms with Crippen LogP contribution in [0.5, 0.6) is 0 Å². The van der Waals surface area contributed by atoms with E-state index in [9.17, 15) is 18.8 Å². The Morgan fingerprint density at radius 1 is 1.13 bits per heavy atom. The van der Waals surface area contributed by atoms with E-state index < -0.39 is 23.3 Å². The molecule has 2 saturated heterocycles. The molecule has 2 aliphatic rings. The van der Waals surface area contributed by atoms with E-state index in [-0.39, 0.29) is 18.2 Å². The van der Waals surface area contributed by atoms with Crippen LogP contribution < -0.4 is 10.6 Å². The van der Waals surface area contributed by atoms with E-state index in [1.165, 1.54) is 6.07 Å². The third-order valence-electron chi connectivity index (χ3n) is 6.38. The van der Waals surface area contributed by atoms with Crippen LogP contribution in [0.3, 0.4) is 0 Å². The standard InChI is InChI=1S/C24H26FN3O3/c1-16-5-4-6-17(13-16)14-21(29)28-11-9-19(10-12-28)24(22(30)26-23(31)27-24)15-18-7-2-3-8-20(18)25/h2-8,13,19H,9-12,14-15H2,1H3,(H2,26,27,30,31)/t24-/m1/s1. The monoisotopic (exact) mass is 423 g/mol. The van der Waals surface area contributed by atoms with Gasteiger partial charge in [-0.1, -0.05) is 48.0 Å². The maximum Gasteiger partial charge on any atom is 0.322 e. The van der Waals surface area contributed by atoms with Gasteiger partial charge in [0, 0.05) is 19.5 Å². The number of benzene rings is 2. The summed E-state index contributed by atoms with van der Waals surface area (Å²) in [4.78, 5) is 39.4. The van der Waals surface area contributed by atoms with Gasteiger partial charge in [0.2, 0.25) is 5.91 Å².